The van der Waals surface area contributed by atoms with Gasteiger partial charge >= 0.3 is 0 Å². The highest BCUT2D eigenvalue weighted by Gasteiger charge is 2.01. The Labute approximate surface area is 170 Å². The van der Waals surface area contributed by atoms with Crippen LogP contribution in [0.15, 0.2) is 18.2 Å². The van der Waals surface area contributed by atoms with E-state index in [1.807, 2.05) is 6.07 Å². The molecule has 0 unspecified atom stereocenters. The predicted octanol–water partition coefficient (Wildman–Crippen LogP) is 8.76. The molecule has 0 fully saturated rings. The Hall–Kier alpha value is -0.980. The van der Waals surface area contributed by atoms with Crippen molar-refractivity contribution >= 4 is 0 Å². The number of hydrogen-bond acceptors (Lipinski definition) is 1. The first kappa shape index (κ1) is 24.1. The predicted molar refractivity (Wildman–Crippen MR) is 121 cm³/mol. The molecule has 1 aromatic carbocycles. The molecule has 0 aliphatic rings. The van der Waals surface area contributed by atoms with E-state index in [1.165, 1.54) is 108 Å². The Balaban J connectivity index is 1.83. The fourth-order valence-electron chi connectivity index (χ4n) is 3.95. The second-order valence-corrected chi connectivity index (χ2v) is 8.37. The summed E-state index contributed by atoms with van der Waals surface area (Å²) in [6.45, 7) is 4.40. The monoisotopic (exact) mass is 374 g/mol. The van der Waals surface area contributed by atoms with Crippen molar-refractivity contribution in [2.75, 3.05) is 0 Å². The van der Waals surface area contributed by atoms with Crippen molar-refractivity contribution in [3.8, 4) is 5.75 Å². The highest BCUT2D eigenvalue weighted by molar-refractivity contribution is 5.36. The van der Waals surface area contributed by atoms with Gasteiger partial charge in [-0.05, 0) is 36.5 Å². The molecule has 0 spiro atoms. The van der Waals surface area contributed by atoms with E-state index in [-0.39, 0.29) is 0 Å². The fourth-order valence-corrected chi connectivity index (χ4v) is 3.95. The topological polar surface area (TPSA) is 20.2 Å². The molecule has 0 bridgehead atoms. The molecular formula is C26H46O. The summed E-state index contributed by atoms with van der Waals surface area (Å²) in [6, 6.07) is 6.13. The van der Waals surface area contributed by atoms with E-state index in [4.69, 9.17) is 0 Å². The summed E-state index contributed by atoms with van der Waals surface area (Å²) in [4.78, 5) is 0. The molecule has 0 radical (unpaired) electrons. The molecule has 0 heterocycles. The molecule has 1 aromatic rings. The van der Waals surface area contributed by atoms with Gasteiger partial charge in [0.05, 0.1) is 0 Å². The van der Waals surface area contributed by atoms with E-state index >= 15 is 0 Å². The zero-order chi connectivity index (χ0) is 19.6. The smallest absolute Gasteiger partial charge is 0.118 e. The molecule has 27 heavy (non-hydrogen) atoms. The largest absolute Gasteiger partial charge is 0.508 e. The van der Waals surface area contributed by atoms with Gasteiger partial charge in [0.1, 0.15) is 5.75 Å². The number of benzene rings is 1. The average molecular weight is 375 g/mol. The third-order valence-electron chi connectivity index (χ3n) is 5.84. The molecular weight excluding hydrogens is 328 g/mol. The minimum absolute atomic E-state index is 0.452. The van der Waals surface area contributed by atoms with Gasteiger partial charge in [-0.2, -0.15) is 0 Å². The lowest BCUT2D eigenvalue weighted by Gasteiger charge is -2.06. The number of hydrogen-bond donors (Lipinski definition) is 1. The number of aryl methyl sites for hydroxylation is 2. The summed E-state index contributed by atoms with van der Waals surface area (Å²) < 4.78 is 0. The van der Waals surface area contributed by atoms with Gasteiger partial charge in [0.25, 0.3) is 0 Å². The van der Waals surface area contributed by atoms with Crippen LogP contribution in [0.25, 0.3) is 0 Å². The summed E-state index contributed by atoms with van der Waals surface area (Å²) in [7, 11) is 0. The Morgan fingerprint density at radius 1 is 0.593 bits per heavy atom. The van der Waals surface area contributed by atoms with Crippen LogP contribution in [0.3, 0.4) is 0 Å². The van der Waals surface area contributed by atoms with Crippen LogP contribution in [0.1, 0.15) is 128 Å². The highest BCUT2D eigenvalue weighted by atomic mass is 16.3. The first-order chi connectivity index (χ1) is 13.3. The number of unbranched alkanes of at least 4 members (excludes halogenated alkanes) is 15. The van der Waals surface area contributed by atoms with Crippen molar-refractivity contribution in [3.63, 3.8) is 0 Å². The minimum atomic E-state index is 0.452. The van der Waals surface area contributed by atoms with E-state index in [1.54, 1.807) is 0 Å². The molecule has 1 heteroatoms. The van der Waals surface area contributed by atoms with E-state index in [9.17, 15) is 5.11 Å². The maximum absolute atomic E-state index is 9.75. The Kier molecular flexibility index (Phi) is 15.3. The van der Waals surface area contributed by atoms with Crippen molar-refractivity contribution in [1.29, 1.82) is 0 Å². The van der Waals surface area contributed by atoms with Crippen LogP contribution in [-0.4, -0.2) is 5.11 Å². The molecule has 156 valence electrons. The molecule has 0 aliphatic carbocycles. The summed E-state index contributed by atoms with van der Waals surface area (Å²) in [5.74, 6) is 0.452. The lowest BCUT2D eigenvalue weighted by Crippen LogP contribution is -1.90. The van der Waals surface area contributed by atoms with Crippen LogP contribution in [-0.2, 0) is 12.8 Å². The van der Waals surface area contributed by atoms with E-state index in [0.29, 0.717) is 5.75 Å². The van der Waals surface area contributed by atoms with Crippen LogP contribution >= 0.6 is 0 Å². The maximum atomic E-state index is 9.75. The van der Waals surface area contributed by atoms with Gasteiger partial charge in [-0.1, -0.05) is 122 Å². The first-order valence-corrected chi connectivity index (χ1v) is 12.1. The first-order valence-electron chi connectivity index (χ1n) is 12.1. The molecule has 0 aliphatic heterocycles. The third-order valence-corrected chi connectivity index (χ3v) is 5.84. The van der Waals surface area contributed by atoms with Gasteiger partial charge < -0.3 is 5.11 Å². The van der Waals surface area contributed by atoms with Gasteiger partial charge in [0.15, 0.2) is 0 Å². The molecule has 1 rings (SSSR count). The van der Waals surface area contributed by atoms with Crippen molar-refractivity contribution < 1.29 is 5.11 Å². The number of phenolic OH excluding ortho intramolecular Hbond substituents is 1. The van der Waals surface area contributed by atoms with Crippen LogP contribution in [0.4, 0.5) is 0 Å². The summed E-state index contributed by atoms with van der Waals surface area (Å²) in [5.41, 5.74) is 2.47. The number of aromatic hydroxyl groups is 1. The van der Waals surface area contributed by atoms with Crippen LogP contribution in [0.2, 0.25) is 0 Å². The van der Waals surface area contributed by atoms with E-state index < -0.39 is 0 Å². The summed E-state index contributed by atoms with van der Waals surface area (Å²) in [6.07, 6.45) is 24.8. The van der Waals surface area contributed by atoms with E-state index in [2.05, 4.69) is 26.0 Å². The minimum Gasteiger partial charge on any atom is -0.508 e. The maximum Gasteiger partial charge on any atom is 0.118 e. The zero-order valence-electron chi connectivity index (χ0n) is 18.4. The zero-order valence-corrected chi connectivity index (χ0v) is 18.4. The van der Waals surface area contributed by atoms with E-state index in [0.717, 1.165) is 18.4 Å². The molecule has 0 amide bonds. The lowest BCUT2D eigenvalue weighted by molar-refractivity contribution is 0.468. The molecule has 1 N–H and O–H groups in total. The second-order valence-electron chi connectivity index (χ2n) is 8.37. The van der Waals surface area contributed by atoms with Crippen LogP contribution in [0.5, 0.6) is 5.75 Å². The second kappa shape index (κ2) is 17.1. The van der Waals surface area contributed by atoms with Crippen molar-refractivity contribution in [3.05, 3.63) is 29.3 Å². The van der Waals surface area contributed by atoms with Crippen molar-refractivity contribution in [2.45, 2.75) is 129 Å². The number of rotatable bonds is 18. The summed E-state index contributed by atoms with van der Waals surface area (Å²) in [5, 5.41) is 9.75. The molecule has 0 aromatic heterocycles. The summed E-state index contributed by atoms with van der Waals surface area (Å²) >= 11 is 0. The molecule has 1 nitrogen and oxygen atoms in total. The van der Waals surface area contributed by atoms with Gasteiger partial charge in [0.2, 0.25) is 0 Å². The quantitative estimate of drug-likeness (QED) is 0.255. The Morgan fingerprint density at radius 2 is 1.04 bits per heavy atom. The standard InChI is InChI=1S/C26H46O/c1-3-5-6-7-8-9-10-11-12-13-14-15-16-17-18-19-20-24-21-22-26(27)25(4-2)23-24/h21-23,27H,3-20H2,1-2H3. The number of phenols is 1. The molecule has 0 atom stereocenters. The average Bonchev–Trinajstić information content (AvgIpc) is 2.68. The normalized spacial score (nSPS) is 11.2. The lowest BCUT2D eigenvalue weighted by atomic mass is 10.0. The van der Waals surface area contributed by atoms with Crippen LogP contribution in [0, 0.1) is 0 Å². The Bertz CT molecular complexity index is 452. The van der Waals surface area contributed by atoms with Gasteiger partial charge in [-0.3, -0.25) is 0 Å². The third kappa shape index (κ3) is 12.9. The fraction of sp³-hybridized carbons (Fsp3) is 0.769. The SMILES string of the molecule is CCCCCCCCCCCCCCCCCCc1ccc(O)c(CC)c1. The highest BCUT2D eigenvalue weighted by Crippen LogP contribution is 2.20. The van der Waals surface area contributed by atoms with Crippen LogP contribution < -0.4 is 0 Å². The van der Waals surface area contributed by atoms with Gasteiger partial charge in [0, 0.05) is 0 Å². The van der Waals surface area contributed by atoms with Gasteiger partial charge in [-0.15, -0.1) is 0 Å². The van der Waals surface area contributed by atoms with Crippen molar-refractivity contribution in [2.24, 2.45) is 0 Å². The molecule has 0 saturated carbocycles. The van der Waals surface area contributed by atoms with Crippen molar-refractivity contribution in [1.82, 2.24) is 0 Å². The van der Waals surface area contributed by atoms with Gasteiger partial charge in [-0.25, -0.2) is 0 Å². The Morgan fingerprint density at radius 3 is 1.48 bits per heavy atom. The molecule has 0 saturated heterocycles.